The van der Waals surface area contributed by atoms with Crippen molar-refractivity contribution in [2.45, 2.75) is 64.5 Å². The van der Waals surface area contributed by atoms with Gasteiger partial charge in [0.25, 0.3) is 0 Å². The predicted molar refractivity (Wildman–Crippen MR) is 87.5 cm³/mol. The molecule has 22 heavy (non-hydrogen) atoms. The number of hydrogen-bond donors (Lipinski definition) is 1. The zero-order chi connectivity index (χ0) is 16.1. The highest BCUT2D eigenvalue weighted by molar-refractivity contribution is 5.88. The van der Waals surface area contributed by atoms with Gasteiger partial charge in [-0.15, -0.1) is 0 Å². The van der Waals surface area contributed by atoms with Crippen LogP contribution in [0.2, 0.25) is 0 Å². The highest BCUT2D eigenvalue weighted by Crippen LogP contribution is 2.22. The molecular weight excluding hydrogens is 278 g/mol. The smallest absolute Gasteiger partial charge is 0.245 e. The van der Waals surface area contributed by atoms with Crippen molar-refractivity contribution in [3.05, 3.63) is 0 Å². The molecule has 0 radical (unpaired) electrons. The van der Waals surface area contributed by atoms with Gasteiger partial charge < -0.3 is 15.1 Å². The summed E-state index contributed by atoms with van der Waals surface area (Å²) in [7, 11) is 1.98. The van der Waals surface area contributed by atoms with Crippen LogP contribution in [0.5, 0.6) is 0 Å². The number of nitrogens with one attached hydrogen (secondary N) is 1. The summed E-state index contributed by atoms with van der Waals surface area (Å²) in [5, 5.41) is 3.29. The second-order valence-electron chi connectivity index (χ2n) is 7.08. The molecule has 2 aliphatic rings. The standard InChI is InChI=1S/C17H31N3O2/c1-13(2)12-15(20-9-5-4-6-16(20)21)17(22)19-10-7-14(18-3)8-11-19/h13-15,18H,4-12H2,1-3H3. The van der Waals surface area contributed by atoms with Crippen LogP contribution in [0, 0.1) is 5.92 Å². The van der Waals surface area contributed by atoms with Crippen molar-refractivity contribution in [1.29, 1.82) is 0 Å². The first-order valence-corrected chi connectivity index (χ1v) is 8.78. The van der Waals surface area contributed by atoms with E-state index in [1.165, 1.54) is 0 Å². The molecular formula is C17H31N3O2. The fourth-order valence-electron chi connectivity index (χ4n) is 3.56. The fourth-order valence-corrected chi connectivity index (χ4v) is 3.56. The van der Waals surface area contributed by atoms with Crippen molar-refractivity contribution in [3.8, 4) is 0 Å². The van der Waals surface area contributed by atoms with Crippen molar-refractivity contribution in [2.24, 2.45) is 5.92 Å². The summed E-state index contributed by atoms with van der Waals surface area (Å²) in [4.78, 5) is 29.1. The summed E-state index contributed by atoms with van der Waals surface area (Å²) in [6.45, 7) is 6.61. The van der Waals surface area contributed by atoms with Crippen LogP contribution in [-0.2, 0) is 9.59 Å². The van der Waals surface area contributed by atoms with E-state index in [0.29, 0.717) is 18.4 Å². The molecule has 2 saturated heterocycles. The van der Waals surface area contributed by atoms with Gasteiger partial charge in [-0.1, -0.05) is 13.8 Å². The van der Waals surface area contributed by atoms with Crippen LogP contribution in [0.3, 0.4) is 0 Å². The van der Waals surface area contributed by atoms with Gasteiger partial charge in [-0.05, 0) is 45.1 Å². The van der Waals surface area contributed by atoms with Gasteiger partial charge in [0.1, 0.15) is 6.04 Å². The monoisotopic (exact) mass is 309 g/mol. The minimum Gasteiger partial charge on any atom is -0.341 e. The largest absolute Gasteiger partial charge is 0.341 e. The SMILES string of the molecule is CNC1CCN(C(=O)C(CC(C)C)N2CCCCC2=O)CC1. The highest BCUT2D eigenvalue weighted by Gasteiger charge is 2.35. The minimum absolute atomic E-state index is 0.162. The maximum Gasteiger partial charge on any atom is 0.245 e. The molecule has 5 nitrogen and oxygen atoms in total. The lowest BCUT2D eigenvalue weighted by Crippen LogP contribution is -2.55. The van der Waals surface area contributed by atoms with Gasteiger partial charge in [-0.3, -0.25) is 9.59 Å². The van der Waals surface area contributed by atoms with E-state index < -0.39 is 0 Å². The summed E-state index contributed by atoms with van der Waals surface area (Å²) < 4.78 is 0. The first kappa shape index (κ1) is 17.3. The topological polar surface area (TPSA) is 52.7 Å². The normalized spacial score (nSPS) is 22.3. The first-order valence-electron chi connectivity index (χ1n) is 8.78. The van der Waals surface area contributed by atoms with Gasteiger partial charge >= 0.3 is 0 Å². The van der Waals surface area contributed by atoms with Gasteiger partial charge in [0.15, 0.2) is 0 Å². The molecule has 2 rings (SSSR count). The highest BCUT2D eigenvalue weighted by atomic mass is 16.2. The lowest BCUT2D eigenvalue weighted by Gasteiger charge is -2.39. The lowest BCUT2D eigenvalue weighted by molar-refractivity contribution is -0.148. The Morgan fingerprint density at radius 3 is 2.45 bits per heavy atom. The molecule has 0 bridgehead atoms. The number of piperidine rings is 2. The zero-order valence-corrected chi connectivity index (χ0v) is 14.3. The van der Waals surface area contributed by atoms with Crippen molar-refractivity contribution in [1.82, 2.24) is 15.1 Å². The first-order chi connectivity index (χ1) is 10.5. The molecule has 0 aromatic carbocycles. The Bertz CT molecular complexity index is 389. The van der Waals surface area contributed by atoms with Crippen LogP contribution < -0.4 is 5.32 Å². The molecule has 0 aliphatic carbocycles. The van der Waals surface area contributed by atoms with Crippen molar-refractivity contribution < 1.29 is 9.59 Å². The third kappa shape index (κ3) is 4.22. The van der Waals surface area contributed by atoms with Crippen LogP contribution in [0.4, 0.5) is 0 Å². The molecule has 1 unspecified atom stereocenters. The Morgan fingerprint density at radius 1 is 1.23 bits per heavy atom. The quantitative estimate of drug-likeness (QED) is 0.840. The number of hydrogen-bond acceptors (Lipinski definition) is 3. The summed E-state index contributed by atoms with van der Waals surface area (Å²) in [6, 6.07) is 0.267. The molecule has 2 amide bonds. The van der Waals surface area contributed by atoms with Crippen LogP contribution in [0.15, 0.2) is 0 Å². The summed E-state index contributed by atoms with van der Waals surface area (Å²) in [5.74, 6) is 0.743. The fraction of sp³-hybridized carbons (Fsp3) is 0.882. The van der Waals surface area contributed by atoms with E-state index in [0.717, 1.165) is 51.7 Å². The van der Waals surface area contributed by atoms with Crippen molar-refractivity contribution in [3.63, 3.8) is 0 Å². The van der Waals surface area contributed by atoms with E-state index in [-0.39, 0.29) is 17.9 Å². The van der Waals surface area contributed by atoms with E-state index in [2.05, 4.69) is 19.2 Å². The molecule has 0 aromatic heterocycles. The number of amides is 2. The van der Waals surface area contributed by atoms with Crippen LogP contribution in [0.25, 0.3) is 0 Å². The molecule has 1 N–H and O–H groups in total. The van der Waals surface area contributed by atoms with E-state index >= 15 is 0 Å². The van der Waals surface area contributed by atoms with Gasteiger partial charge in [0.2, 0.25) is 11.8 Å². The number of rotatable bonds is 5. The average molecular weight is 309 g/mol. The van der Waals surface area contributed by atoms with Crippen molar-refractivity contribution >= 4 is 11.8 Å². The van der Waals surface area contributed by atoms with Gasteiger partial charge in [-0.25, -0.2) is 0 Å². The maximum atomic E-state index is 13.0. The number of carbonyl (C=O) groups excluding carboxylic acids is 2. The number of likely N-dealkylation sites (tertiary alicyclic amines) is 2. The van der Waals surface area contributed by atoms with E-state index in [1.807, 2.05) is 16.8 Å². The van der Waals surface area contributed by atoms with Crippen LogP contribution >= 0.6 is 0 Å². The summed E-state index contributed by atoms with van der Waals surface area (Å²) in [5.41, 5.74) is 0. The Labute approximate surface area is 134 Å². The van der Waals surface area contributed by atoms with Crippen LogP contribution in [0.1, 0.15) is 52.4 Å². The maximum absolute atomic E-state index is 13.0. The second-order valence-corrected chi connectivity index (χ2v) is 7.08. The number of nitrogens with zero attached hydrogens (tertiary/aromatic N) is 2. The molecule has 1 atom stereocenters. The molecule has 126 valence electrons. The predicted octanol–water partition coefficient (Wildman–Crippen LogP) is 1.62. The Hall–Kier alpha value is -1.10. The lowest BCUT2D eigenvalue weighted by atomic mass is 9.96. The summed E-state index contributed by atoms with van der Waals surface area (Å²) >= 11 is 0. The van der Waals surface area contributed by atoms with Gasteiger partial charge in [-0.2, -0.15) is 0 Å². The third-order valence-corrected chi connectivity index (χ3v) is 4.93. The molecule has 0 spiro atoms. The zero-order valence-electron chi connectivity index (χ0n) is 14.3. The number of carbonyl (C=O) groups is 2. The Balaban J connectivity index is 2.04. The molecule has 5 heteroatoms. The van der Waals surface area contributed by atoms with Gasteiger partial charge in [0.05, 0.1) is 0 Å². The van der Waals surface area contributed by atoms with E-state index in [1.54, 1.807) is 0 Å². The minimum atomic E-state index is -0.251. The molecule has 2 heterocycles. The molecule has 0 aromatic rings. The third-order valence-electron chi connectivity index (χ3n) is 4.93. The van der Waals surface area contributed by atoms with E-state index in [9.17, 15) is 9.59 Å². The second kappa shape index (κ2) is 7.95. The summed E-state index contributed by atoms with van der Waals surface area (Å²) in [6.07, 6.45) is 5.37. The van der Waals surface area contributed by atoms with E-state index in [4.69, 9.17) is 0 Å². The molecule has 0 saturated carbocycles. The van der Waals surface area contributed by atoms with Gasteiger partial charge in [0, 0.05) is 32.1 Å². The Morgan fingerprint density at radius 2 is 1.91 bits per heavy atom. The molecule has 2 fully saturated rings. The van der Waals surface area contributed by atoms with Crippen LogP contribution in [-0.4, -0.2) is 60.4 Å². The van der Waals surface area contributed by atoms with Crippen molar-refractivity contribution in [2.75, 3.05) is 26.7 Å². The average Bonchev–Trinajstić information content (AvgIpc) is 2.52. The Kier molecular flexibility index (Phi) is 6.24. The molecule has 2 aliphatic heterocycles.